The zero-order valence-electron chi connectivity index (χ0n) is 9.24. The number of aryl methyl sites for hydroxylation is 1. The lowest BCUT2D eigenvalue weighted by molar-refractivity contribution is 0.0946. The number of halogens is 1. The van der Waals surface area contributed by atoms with Gasteiger partial charge in [0.25, 0.3) is 5.91 Å². The predicted octanol–water partition coefficient (Wildman–Crippen LogP) is 3.03. The third kappa shape index (κ3) is 3.28. The van der Waals surface area contributed by atoms with E-state index in [1.54, 1.807) is 23.5 Å². The van der Waals surface area contributed by atoms with Crippen LogP contribution in [0.4, 0.5) is 0 Å². The second-order valence-electron chi connectivity index (χ2n) is 3.55. The van der Waals surface area contributed by atoms with E-state index in [9.17, 15) is 4.79 Å². The van der Waals surface area contributed by atoms with Gasteiger partial charge >= 0.3 is 0 Å². The van der Waals surface area contributed by atoms with Crippen molar-refractivity contribution in [3.05, 3.63) is 50.9 Å². The first kappa shape index (κ1) is 12.1. The van der Waals surface area contributed by atoms with E-state index in [1.165, 1.54) is 11.1 Å². The lowest BCUT2D eigenvalue weighted by Gasteiger charge is -2.02. The van der Waals surface area contributed by atoms with Crippen LogP contribution in [0.3, 0.4) is 0 Å². The molecule has 2 aromatic heterocycles. The molecular weight excluding hydrogens is 256 g/mol. The molecule has 0 radical (unpaired) electrons. The maximum Gasteiger partial charge on any atom is 0.270 e. The van der Waals surface area contributed by atoms with Crippen LogP contribution in [-0.4, -0.2) is 10.9 Å². The van der Waals surface area contributed by atoms with Crippen LogP contribution in [0.15, 0.2) is 30.5 Å². The van der Waals surface area contributed by atoms with E-state index in [4.69, 9.17) is 11.6 Å². The maximum atomic E-state index is 11.7. The quantitative estimate of drug-likeness (QED) is 0.928. The van der Waals surface area contributed by atoms with Gasteiger partial charge in [0.1, 0.15) is 5.69 Å². The molecule has 0 saturated heterocycles. The van der Waals surface area contributed by atoms with Crippen molar-refractivity contribution in [1.29, 1.82) is 0 Å². The predicted molar refractivity (Wildman–Crippen MR) is 69.5 cm³/mol. The smallest absolute Gasteiger partial charge is 0.270 e. The molecule has 88 valence electrons. The normalized spacial score (nSPS) is 10.2. The van der Waals surface area contributed by atoms with Crippen LogP contribution in [0.1, 0.15) is 20.2 Å². The first-order valence-electron chi connectivity index (χ1n) is 5.10. The Morgan fingerprint density at radius 2 is 2.29 bits per heavy atom. The number of rotatable bonds is 3. The highest BCUT2D eigenvalue weighted by Crippen LogP contribution is 2.14. The average Bonchev–Trinajstić information content (AvgIpc) is 2.72. The monoisotopic (exact) mass is 266 g/mol. The van der Waals surface area contributed by atoms with Crippen molar-refractivity contribution < 1.29 is 4.79 Å². The first-order valence-corrected chi connectivity index (χ1v) is 6.29. The van der Waals surface area contributed by atoms with E-state index in [-0.39, 0.29) is 5.91 Å². The van der Waals surface area contributed by atoms with Crippen LogP contribution in [0, 0.1) is 6.92 Å². The van der Waals surface area contributed by atoms with Gasteiger partial charge in [0.05, 0.1) is 6.54 Å². The summed E-state index contributed by atoms with van der Waals surface area (Å²) in [6.45, 7) is 2.56. The van der Waals surface area contributed by atoms with Crippen LogP contribution in [-0.2, 0) is 6.54 Å². The van der Waals surface area contributed by atoms with Gasteiger partial charge in [-0.2, -0.15) is 0 Å². The van der Waals surface area contributed by atoms with Gasteiger partial charge in [-0.1, -0.05) is 11.6 Å². The minimum Gasteiger partial charge on any atom is -0.346 e. The third-order valence-corrected chi connectivity index (χ3v) is 3.41. The van der Waals surface area contributed by atoms with Crippen LogP contribution < -0.4 is 5.32 Å². The average molecular weight is 267 g/mol. The molecule has 0 aromatic carbocycles. The van der Waals surface area contributed by atoms with Crippen LogP contribution in [0.5, 0.6) is 0 Å². The van der Waals surface area contributed by atoms with Gasteiger partial charge in [0, 0.05) is 21.0 Å². The summed E-state index contributed by atoms with van der Waals surface area (Å²) in [4.78, 5) is 18.1. The number of thiophene rings is 1. The molecule has 0 unspecified atom stereocenters. The van der Waals surface area contributed by atoms with Crippen LogP contribution >= 0.6 is 22.9 Å². The zero-order chi connectivity index (χ0) is 12.3. The number of nitrogens with one attached hydrogen (secondary N) is 1. The second-order valence-corrected chi connectivity index (χ2v) is 5.36. The van der Waals surface area contributed by atoms with Crippen molar-refractivity contribution in [3.8, 4) is 0 Å². The van der Waals surface area contributed by atoms with Crippen molar-refractivity contribution in [1.82, 2.24) is 10.3 Å². The van der Waals surface area contributed by atoms with E-state index in [0.29, 0.717) is 17.3 Å². The van der Waals surface area contributed by atoms with Crippen molar-refractivity contribution in [2.75, 3.05) is 0 Å². The first-order chi connectivity index (χ1) is 8.15. The molecule has 3 nitrogen and oxygen atoms in total. The highest BCUT2D eigenvalue weighted by molar-refractivity contribution is 7.11. The van der Waals surface area contributed by atoms with Gasteiger partial charge in [-0.3, -0.25) is 9.78 Å². The van der Waals surface area contributed by atoms with Crippen LogP contribution in [0.2, 0.25) is 5.02 Å². The summed E-state index contributed by atoms with van der Waals surface area (Å²) < 4.78 is 0. The van der Waals surface area contributed by atoms with Gasteiger partial charge < -0.3 is 5.32 Å². The summed E-state index contributed by atoms with van der Waals surface area (Å²) in [5.41, 5.74) is 0.339. The van der Waals surface area contributed by atoms with E-state index >= 15 is 0 Å². The molecule has 1 amide bonds. The molecule has 1 N–H and O–H groups in total. The van der Waals surface area contributed by atoms with Crippen LogP contribution in [0.25, 0.3) is 0 Å². The fourth-order valence-corrected chi connectivity index (χ4v) is 2.36. The van der Waals surface area contributed by atoms with Gasteiger partial charge in [0.2, 0.25) is 0 Å². The molecule has 0 atom stereocenters. The maximum absolute atomic E-state index is 11.7. The number of hydrogen-bond acceptors (Lipinski definition) is 3. The SMILES string of the molecule is Cc1ccc(CNC(=O)c2cc(Cl)ccn2)s1. The van der Waals surface area contributed by atoms with Gasteiger partial charge in [-0.25, -0.2) is 0 Å². The van der Waals surface area contributed by atoms with Crippen molar-refractivity contribution in [3.63, 3.8) is 0 Å². The lowest BCUT2D eigenvalue weighted by Crippen LogP contribution is -2.23. The molecule has 0 aliphatic rings. The highest BCUT2D eigenvalue weighted by Gasteiger charge is 2.07. The molecule has 2 aromatic rings. The molecule has 2 heterocycles. The third-order valence-electron chi connectivity index (χ3n) is 2.17. The summed E-state index contributed by atoms with van der Waals surface area (Å²) in [6.07, 6.45) is 1.52. The summed E-state index contributed by atoms with van der Waals surface area (Å²) in [6, 6.07) is 7.23. The summed E-state index contributed by atoms with van der Waals surface area (Å²) >= 11 is 7.46. The number of carbonyl (C=O) groups excluding carboxylic acids is 1. The molecule has 17 heavy (non-hydrogen) atoms. The van der Waals surface area contributed by atoms with Crippen molar-refractivity contribution in [2.24, 2.45) is 0 Å². The Hall–Kier alpha value is -1.39. The summed E-state index contributed by atoms with van der Waals surface area (Å²) in [7, 11) is 0. The summed E-state index contributed by atoms with van der Waals surface area (Å²) in [5.74, 6) is -0.210. The molecule has 5 heteroatoms. The summed E-state index contributed by atoms with van der Waals surface area (Å²) in [5, 5.41) is 3.32. The van der Waals surface area contributed by atoms with Crippen molar-refractivity contribution in [2.45, 2.75) is 13.5 Å². The topological polar surface area (TPSA) is 42.0 Å². The minimum atomic E-state index is -0.210. The fourth-order valence-electron chi connectivity index (χ4n) is 1.37. The second kappa shape index (κ2) is 5.29. The van der Waals surface area contributed by atoms with Gasteiger partial charge in [-0.05, 0) is 31.2 Å². The Bertz CT molecular complexity index is 539. The van der Waals surface area contributed by atoms with E-state index in [2.05, 4.69) is 10.3 Å². The Morgan fingerprint density at radius 3 is 2.94 bits per heavy atom. The molecule has 0 saturated carbocycles. The molecule has 2 rings (SSSR count). The molecule has 0 spiro atoms. The van der Waals surface area contributed by atoms with Gasteiger partial charge in [-0.15, -0.1) is 11.3 Å². The van der Waals surface area contributed by atoms with E-state index in [1.807, 2.05) is 19.1 Å². The Kier molecular flexibility index (Phi) is 3.76. The largest absolute Gasteiger partial charge is 0.346 e. The number of amides is 1. The number of carbonyl (C=O) groups is 1. The van der Waals surface area contributed by atoms with Crippen molar-refractivity contribution >= 4 is 28.8 Å². The number of pyridine rings is 1. The molecule has 0 aliphatic carbocycles. The van der Waals surface area contributed by atoms with E-state index in [0.717, 1.165) is 4.88 Å². The zero-order valence-corrected chi connectivity index (χ0v) is 10.8. The number of aromatic nitrogens is 1. The number of nitrogens with zero attached hydrogens (tertiary/aromatic N) is 1. The molecular formula is C12H11ClN2OS. The Labute approximate surface area is 108 Å². The highest BCUT2D eigenvalue weighted by atomic mass is 35.5. The fraction of sp³-hybridized carbons (Fsp3) is 0.167. The number of hydrogen-bond donors (Lipinski definition) is 1. The van der Waals surface area contributed by atoms with Gasteiger partial charge in [0.15, 0.2) is 0 Å². The minimum absolute atomic E-state index is 0.210. The Morgan fingerprint density at radius 1 is 1.47 bits per heavy atom. The van der Waals surface area contributed by atoms with E-state index < -0.39 is 0 Å². The Balaban J connectivity index is 1.98. The molecule has 0 aliphatic heterocycles. The lowest BCUT2D eigenvalue weighted by atomic mass is 10.3. The standard InChI is InChI=1S/C12H11ClN2OS/c1-8-2-3-10(17-8)7-15-12(16)11-6-9(13)4-5-14-11/h2-6H,7H2,1H3,(H,15,16). The molecule has 0 bridgehead atoms. The molecule has 0 fully saturated rings.